The van der Waals surface area contributed by atoms with E-state index < -0.39 is 0 Å². The predicted octanol–water partition coefficient (Wildman–Crippen LogP) is 3.39. The topological polar surface area (TPSA) is 83.1 Å². The van der Waals surface area contributed by atoms with Crippen LogP contribution in [0.25, 0.3) is 6.08 Å². The van der Waals surface area contributed by atoms with Gasteiger partial charge < -0.3 is 9.47 Å². The Hall–Kier alpha value is -3.57. The molecule has 0 N–H and O–H groups in total. The van der Waals surface area contributed by atoms with Gasteiger partial charge in [0.05, 0.1) is 7.11 Å². The second-order valence-electron chi connectivity index (χ2n) is 4.77. The van der Waals surface area contributed by atoms with Gasteiger partial charge in [-0.25, -0.2) is 0 Å². The molecule has 0 aromatic heterocycles. The predicted molar refractivity (Wildman–Crippen MR) is 88.5 cm³/mol. The van der Waals surface area contributed by atoms with Crippen LogP contribution in [0.5, 0.6) is 11.5 Å². The lowest BCUT2D eigenvalue weighted by Gasteiger charge is -2.11. The Labute approximate surface area is 140 Å². The summed E-state index contributed by atoms with van der Waals surface area (Å²) in [6, 6.07) is 17.4. The summed E-state index contributed by atoms with van der Waals surface area (Å²) in [4.78, 5) is 12.1. The normalized spacial score (nSPS) is 9.29. The Bertz CT molecular complexity index is 827. The van der Waals surface area contributed by atoms with Crippen molar-refractivity contribution in [3.63, 3.8) is 0 Å². The number of hydrogen-bond acceptors (Lipinski definition) is 5. The third kappa shape index (κ3) is 4.22. The van der Waals surface area contributed by atoms with E-state index in [1.807, 2.05) is 6.07 Å². The van der Waals surface area contributed by atoms with Crippen molar-refractivity contribution in [1.29, 1.82) is 10.5 Å². The molecule has 5 heteroatoms. The maximum atomic E-state index is 12.1. The summed E-state index contributed by atoms with van der Waals surface area (Å²) in [5.41, 5.74) is 1.19. The van der Waals surface area contributed by atoms with Gasteiger partial charge in [-0.15, -0.1) is 0 Å². The number of ether oxygens (including phenoxy) is 2. The van der Waals surface area contributed by atoms with Crippen LogP contribution in [0.15, 0.2) is 54.1 Å². The molecule has 2 rings (SSSR count). The molecule has 0 amide bonds. The molecule has 0 unspecified atom stereocenters. The lowest BCUT2D eigenvalue weighted by Crippen LogP contribution is -2.11. The first-order chi connectivity index (χ1) is 11.7. The molecule has 0 heterocycles. The molecule has 0 saturated heterocycles. The monoisotopic (exact) mass is 318 g/mol. The minimum absolute atomic E-state index is 0.00928. The van der Waals surface area contributed by atoms with E-state index in [-0.39, 0.29) is 18.0 Å². The largest absolute Gasteiger partial charge is 0.493 e. The zero-order chi connectivity index (χ0) is 17.4. The van der Waals surface area contributed by atoms with E-state index in [1.54, 1.807) is 54.6 Å². The highest BCUT2D eigenvalue weighted by atomic mass is 16.5. The number of methoxy groups -OCH3 is 1. The fourth-order valence-electron chi connectivity index (χ4n) is 2.00. The summed E-state index contributed by atoms with van der Waals surface area (Å²) in [5, 5.41) is 17.6. The molecule has 2 aromatic carbocycles. The molecule has 5 nitrogen and oxygen atoms in total. The molecule has 0 spiro atoms. The van der Waals surface area contributed by atoms with E-state index >= 15 is 0 Å². The molecule has 0 aliphatic carbocycles. The Balaban J connectivity index is 2.14. The average Bonchev–Trinajstić information content (AvgIpc) is 2.65. The van der Waals surface area contributed by atoms with Crippen LogP contribution in [0.3, 0.4) is 0 Å². The van der Waals surface area contributed by atoms with E-state index in [0.29, 0.717) is 22.6 Å². The molecule has 0 saturated carbocycles. The van der Waals surface area contributed by atoms with Crippen molar-refractivity contribution in [3.05, 3.63) is 65.2 Å². The van der Waals surface area contributed by atoms with Gasteiger partial charge in [0.15, 0.2) is 23.9 Å². The van der Waals surface area contributed by atoms with E-state index in [4.69, 9.17) is 20.0 Å². The number of ketones is 1. The molecule has 24 heavy (non-hydrogen) atoms. The number of benzene rings is 2. The standard InChI is InChI=1S/C19H14N2O3/c1-23-19-10-14(9-15(11-20)12-21)7-8-18(19)24-13-17(22)16-5-3-2-4-6-16/h2-10H,13H2,1H3. The smallest absolute Gasteiger partial charge is 0.200 e. The fraction of sp³-hybridized carbons (Fsp3) is 0.105. The summed E-state index contributed by atoms with van der Waals surface area (Å²) >= 11 is 0. The van der Waals surface area contributed by atoms with Crippen LogP contribution < -0.4 is 9.47 Å². The Morgan fingerprint density at radius 1 is 1.08 bits per heavy atom. The summed E-state index contributed by atoms with van der Waals surface area (Å²) in [5.74, 6) is 0.687. The first kappa shape index (κ1) is 16.8. The second kappa shape index (κ2) is 8.17. The molecule has 2 aromatic rings. The molecule has 0 aliphatic rings. The van der Waals surface area contributed by atoms with Crippen molar-refractivity contribution >= 4 is 11.9 Å². The Morgan fingerprint density at radius 3 is 2.42 bits per heavy atom. The highest BCUT2D eigenvalue weighted by Gasteiger charge is 2.10. The molecular formula is C19H14N2O3. The van der Waals surface area contributed by atoms with Gasteiger partial charge in [-0.2, -0.15) is 10.5 Å². The molecule has 0 fully saturated rings. The van der Waals surface area contributed by atoms with Crippen molar-refractivity contribution in [2.24, 2.45) is 0 Å². The molecule has 0 aliphatic heterocycles. The summed E-state index contributed by atoms with van der Waals surface area (Å²) in [6.07, 6.45) is 1.45. The van der Waals surface area contributed by atoms with Crippen molar-refractivity contribution in [3.8, 4) is 23.6 Å². The lowest BCUT2D eigenvalue weighted by atomic mass is 10.1. The number of hydrogen-bond donors (Lipinski definition) is 0. The first-order valence-corrected chi connectivity index (χ1v) is 7.09. The van der Waals surface area contributed by atoms with E-state index in [1.165, 1.54) is 13.2 Å². The van der Waals surface area contributed by atoms with Gasteiger partial charge in [-0.1, -0.05) is 36.4 Å². The Morgan fingerprint density at radius 2 is 1.79 bits per heavy atom. The molecular weight excluding hydrogens is 304 g/mol. The van der Waals surface area contributed by atoms with Gasteiger partial charge >= 0.3 is 0 Å². The highest BCUT2D eigenvalue weighted by molar-refractivity contribution is 5.97. The van der Waals surface area contributed by atoms with Crippen LogP contribution in [0.2, 0.25) is 0 Å². The summed E-state index contributed by atoms with van der Waals surface area (Å²) < 4.78 is 10.8. The third-order valence-electron chi connectivity index (χ3n) is 3.19. The number of carbonyl (C=O) groups is 1. The fourth-order valence-corrected chi connectivity index (χ4v) is 2.00. The van der Waals surface area contributed by atoms with Gasteiger partial charge in [0.2, 0.25) is 0 Å². The van der Waals surface area contributed by atoms with Crippen LogP contribution in [0.1, 0.15) is 15.9 Å². The number of Topliss-reactive ketones (excluding diaryl/α,β-unsaturated/α-hetero) is 1. The lowest BCUT2D eigenvalue weighted by molar-refractivity contribution is 0.0919. The minimum atomic E-state index is -0.141. The average molecular weight is 318 g/mol. The van der Waals surface area contributed by atoms with E-state index in [9.17, 15) is 4.79 Å². The first-order valence-electron chi connectivity index (χ1n) is 7.09. The van der Waals surface area contributed by atoms with Crippen LogP contribution in [-0.4, -0.2) is 19.5 Å². The summed E-state index contributed by atoms with van der Waals surface area (Å²) in [6.45, 7) is -0.114. The van der Waals surface area contributed by atoms with E-state index in [0.717, 1.165) is 0 Å². The van der Waals surface area contributed by atoms with E-state index in [2.05, 4.69) is 0 Å². The number of carbonyl (C=O) groups excluding carboxylic acids is 1. The third-order valence-corrected chi connectivity index (χ3v) is 3.19. The number of rotatable bonds is 6. The van der Waals surface area contributed by atoms with Crippen molar-refractivity contribution < 1.29 is 14.3 Å². The molecule has 0 atom stereocenters. The second-order valence-corrected chi connectivity index (χ2v) is 4.77. The van der Waals surface area contributed by atoms with Gasteiger partial charge in [-0.3, -0.25) is 4.79 Å². The summed E-state index contributed by atoms with van der Waals surface area (Å²) in [7, 11) is 1.48. The number of nitrogens with zero attached hydrogens (tertiary/aromatic N) is 2. The van der Waals surface area contributed by atoms with Gasteiger partial charge in [0.1, 0.15) is 17.7 Å². The molecule has 0 bridgehead atoms. The van der Waals surface area contributed by atoms with Crippen LogP contribution in [-0.2, 0) is 0 Å². The van der Waals surface area contributed by atoms with Crippen molar-refractivity contribution in [1.82, 2.24) is 0 Å². The highest BCUT2D eigenvalue weighted by Crippen LogP contribution is 2.29. The molecule has 118 valence electrons. The SMILES string of the molecule is COc1cc(C=C(C#N)C#N)ccc1OCC(=O)c1ccccc1. The number of allylic oxidation sites excluding steroid dienone is 1. The van der Waals surface area contributed by atoms with Gasteiger partial charge in [-0.05, 0) is 23.8 Å². The maximum Gasteiger partial charge on any atom is 0.200 e. The Kier molecular flexibility index (Phi) is 5.71. The quantitative estimate of drug-likeness (QED) is 0.602. The van der Waals surface area contributed by atoms with Crippen LogP contribution in [0, 0.1) is 22.7 Å². The van der Waals surface area contributed by atoms with Crippen LogP contribution >= 0.6 is 0 Å². The van der Waals surface area contributed by atoms with Crippen molar-refractivity contribution in [2.75, 3.05) is 13.7 Å². The van der Waals surface area contributed by atoms with Gasteiger partial charge in [0, 0.05) is 5.56 Å². The van der Waals surface area contributed by atoms with Gasteiger partial charge in [0.25, 0.3) is 0 Å². The maximum absolute atomic E-state index is 12.1. The van der Waals surface area contributed by atoms with Crippen LogP contribution in [0.4, 0.5) is 0 Å². The molecule has 0 radical (unpaired) electrons. The minimum Gasteiger partial charge on any atom is -0.493 e. The zero-order valence-electron chi connectivity index (χ0n) is 13.0. The number of nitriles is 2. The zero-order valence-corrected chi connectivity index (χ0v) is 13.0. The van der Waals surface area contributed by atoms with Crippen molar-refractivity contribution in [2.45, 2.75) is 0 Å².